The smallest absolute Gasteiger partial charge is 0.416 e. The van der Waals surface area contributed by atoms with Gasteiger partial charge < -0.3 is 9.64 Å². The van der Waals surface area contributed by atoms with E-state index in [1.807, 2.05) is 0 Å². The lowest BCUT2D eigenvalue weighted by Gasteiger charge is -2.14. The molecular weight excluding hydrogens is 393 g/mol. The van der Waals surface area contributed by atoms with Crippen LogP contribution >= 0.6 is 0 Å². The second kappa shape index (κ2) is 7.65. The highest BCUT2D eigenvalue weighted by Gasteiger charge is 2.56. The third-order valence-electron chi connectivity index (χ3n) is 4.80. The maximum atomic E-state index is 13.3. The van der Waals surface area contributed by atoms with Crippen LogP contribution in [-0.4, -0.2) is 37.4 Å². The molecule has 3 nitrogen and oxygen atoms in total. The molecule has 156 valence electrons. The summed E-state index contributed by atoms with van der Waals surface area (Å²) in [6.45, 7) is -0.0860. The second-order valence-electron chi connectivity index (χ2n) is 7.32. The Morgan fingerprint density at radius 1 is 1.10 bits per heavy atom. The van der Waals surface area contributed by atoms with Crippen molar-refractivity contribution in [2.45, 2.75) is 24.9 Å². The van der Waals surface area contributed by atoms with Crippen molar-refractivity contribution in [3.8, 4) is 16.9 Å². The van der Waals surface area contributed by atoms with Gasteiger partial charge in [-0.05, 0) is 47.9 Å². The van der Waals surface area contributed by atoms with Crippen molar-refractivity contribution in [2.75, 3.05) is 20.7 Å². The zero-order valence-electron chi connectivity index (χ0n) is 15.9. The van der Waals surface area contributed by atoms with Gasteiger partial charge in [-0.1, -0.05) is 12.1 Å². The third-order valence-corrected chi connectivity index (χ3v) is 4.80. The van der Waals surface area contributed by atoms with E-state index in [4.69, 9.17) is 4.74 Å². The maximum absolute atomic E-state index is 13.3. The lowest BCUT2D eigenvalue weighted by molar-refractivity contribution is -0.137. The first-order valence-electron chi connectivity index (χ1n) is 9.02. The van der Waals surface area contributed by atoms with Crippen LogP contribution in [0.5, 0.6) is 5.75 Å². The molecular formula is C21H20F5NO2. The van der Waals surface area contributed by atoms with Crippen LogP contribution in [0, 0.1) is 5.92 Å². The van der Waals surface area contributed by atoms with Gasteiger partial charge in [0.05, 0.1) is 12.2 Å². The molecule has 2 aromatic rings. The highest BCUT2D eigenvalue weighted by Crippen LogP contribution is 2.50. The van der Waals surface area contributed by atoms with Crippen LogP contribution in [0.15, 0.2) is 42.5 Å². The number of hydrogen-bond donors (Lipinski definition) is 0. The summed E-state index contributed by atoms with van der Waals surface area (Å²) in [6, 6.07) is 9.47. The van der Waals surface area contributed by atoms with Gasteiger partial charge in [0.15, 0.2) is 0 Å². The van der Waals surface area contributed by atoms with Crippen LogP contribution in [0.2, 0.25) is 0 Å². The van der Waals surface area contributed by atoms with Crippen molar-refractivity contribution in [3.05, 3.63) is 53.6 Å². The number of nitrogens with zero attached hydrogens (tertiary/aromatic N) is 1. The topological polar surface area (TPSA) is 29.5 Å². The summed E-state index contributed by atoms with van der Waals surface area (Å²) in [5.41, 5.74) is 0.253. The molecule has 0 saturated heterocycles. The molecule has 0 aliphatic heterocycles. The van der Waals surface area contributed by atoms with Crippen molar-refractivity contribution in [3.63, 3.8) is 0 Å². The quantitative estimate of drug-likeness (QED) is 0.586. The Hall–Kier alpha value is -2.64. The first-order chi connectivity index (χ1) is 13.5. The molecule has 3 rings (SSSR count). The van der Waals surface area contributed by atoms with Crippen LogP contribution in [-0.2, 0) is 6.18 Å². The van der Waals surface area contributed by atoms with Gasteiger partial charge in [-0.2, -0.15) is 13.2 Å². The number of carbonyl (C=O) groups is 1. The van der Waals surface area contributed by atoms with E-state index in [1.165, 1.54) is 23.1 Å². The average Bonchev–Trinajstić information content (AvgIpc) is 3.26. The van der Waals surface area contributed by atoms with Crippen molar-refractivity contribution in [1.82, 2.24) is 4.90 Å². The summed E-state index contributed by atoms with van der Waals surface area (Å²) < 4.78 is 71.1. The van der Waals surface area contributed by atoms with Gasteiger partial charge in [-0.15, -0.1) is 0 Å². The Labute approximate surface area is 165 Å². The van der Waals surface area contributed by atoms with E-state index in [0.717, 1.165) is 12.1 Å². The highest BCUT2D eigenvalue weighted by molar-refractivity contribution is 5.94. The van der Waals surface area contributed by atoms with Crippen molar-refractivity contribution < 1.29 is 31.5 Å². The minimum atomic E-state index is -4.58. The minimum Gasteiger partial charge on any atom is -0.494 e. The van der Waals surface area contributed by atoms with Gasteiger partial charge >= 0.3 is 6.18 Å². The molecule has 1 aliphatic carbocycles. The second-order valence-corrected chi connectivity index (χ2v) is 7.32. The van der Waals surface area contributed by atoms with Crippen LogP contribution in [0.3, 0.4) is 0 Å². The Morgan fingerprint density at radius 2 is 1.72 bits per heavy atom. The number of alkyl halides is 5. The highest BCUT2D eigenvalue weighted by atomic mass is 19.4. The Bertz CT molecular complexity index is 891. The number of benzene rings is 2. The molecule has 1 saturated carbocycles. The summed E-state index contributed by atoms with van der Waals surface area (Å²) >= 11 is 0. The van der Waals surface area contributed by atoms with Crippen LogP contribution in [0.4, 0.5) is 22.0 Å². The van der Waals surface area contributed by atoms with Crippen molar-refractivity contribution >= 4 is 5.91 Å². The summed E-state index contributed by atoms with van der Waals surface area (Å²) in [4.78, 5) is 13.4. The molecule has 2 aromatic carbocycles. The molecule has 1 unspecified atom stereocenters. The first kappa shape index (κ1) is 21.1. The van der Waals surface area contributed by atoms with Gasteiger partial charge in [0.2, 0.25) is 0 Å². The van der Waals surface area contributed by atoms with Crippen molar-refractivity contribution in [2.24, 2.45) is 5.92 Å². The van der Waals surface area contributed by atoms with Gasteiger partial charge in [-0.25, -0.2) is 8.78 Å². The van der Waals surface area contributed by atoms with Crippen molar-refractivity contribution in [1.29, 1.82) is 0 Å². The maximum Gasteiger partial charge on any atom is 0.416 e. The summed E-state index contributed by atoms with van der Waals surface area (Å²) in [7, 11) is 3.20. The van der Waals surface area contributed by atoms with Crippen LogP contribution < -0.4 is 4.74 Å². The molecule has 0 N–H and O–H groups in total. The number of hydrogen-bond acceptors (Lipinski definition) is 2. The Balaban J connectivity index is 1.82. The predicted molar refractivity (Wildman–Crippen MR) is 98.1 cm³/mol. The fourth-order valence-electron chi connectivity index (χ4n) is 2.98. The number of amides is 1. The molecule has 1 atom stereocenters. The Kier molecular flexibility index (Phi) is 5.56. The van der Waals surface area contributed by atoms with Gasteiger partial charge in [0, 0.05) is 32.0 Å². The van der Waals surface area contributed by atoms with E-state index in [-0.39, 0.29) is 36.7 Å². The number of carbonyl (C=O) groups excluding carboxylic acids is 1. The minimum absolute atomic E-state index is 0.0350. The average molecular weight is 413 g/mol. The van der Waals surface area contributed by atoms with Gasteiger partial charge in [0.1, 0.15) is 5.75 Å². The molecule has 1 aliphatic rings. The fraction of sp³-hybridized carbons (Fsp3) is 0.381. The molecule has 29 heavy (non-hydrogen) atoms. The first-order valence-corrected chi connectivity index (χ1v) is 9.02. The molecule has 1 amide bonds. The lowest BCUT2D eigenvalue weighted by atomic mass is 10.0. The number of halogens is 5. The zero-order chi connectivity index (χ0) is 21.4. The van der Waals surface area contributed by atoms with E-state index >= 15 is 0 Å². The summed E-state index contributed by atoms with van der Waals surface area (Å²) in [5.74, 6) is -3.71. The molecule has 0 heterocycles. The SMILES string of the molecule is CN(C)C(=O)c1ccc(-c2cc(OCCC3CC3(F)F)cc(C(F)(F)F)c2)cc1. The van der Waals surface area contributed by atoms with E-state index in [1.54, 1.807) is 26.2 Å². The summed E-state index contributed by atoms with van der Waals surface area (Å²) in [6.07, 6.45) is -4.71. The Morgan fingerprint density at radius 3 is 2.24 bits per heavy atom. The van der Waals surface area contributed by atoms with Crippen LogP contribution in [0.25, 0.3) is 11.1 Å². The molecule has 1 fully saturated rings. The molecule has 8 heteroatoms. The summed E-state index contributed by atoms with van der Waals surface area (Å²) in [5, 5.41) is 0. The van der Waals surface area contributed by atoms with Gasteiger partial charge in [-0.3, -0.25) is 4.79 Å². The van der Waals surface area contributed by atoms with E-state index in [0.29, 0.717) is 11.1 Å². The molecule has 0 radical (unpaired) electrons. The fourth-order valence-corrected chi connectivity index (χ4v) is 2.98. The van der Waals surface area contributed by atoms with Crippen LogP contribution in [0.1, 0.15) is 28.8 Å². The monoisotopic (exact) mass is 413 g/mol. The van der Waals surface area contributed by atoms with Gasteiger partial charge in [0.25, 0.3) is 11.8 Å². The number of rotatable bonds is 6. The van der Waals surface area contributed by atoms with E-state index in [2.05, 4.69) is 0 Å². The third kappa shape index (κ3) is 5.05. The zero-order valence-corrected chi connectivity index (χ0v) is 15.9. The largest absolute Gasteiger partial charge is 0.494 e. The predicted octanol–water partition coefficient (Wildman–Crippen LogP) is 5.50. The van der Waals surface area contributed by atoms with E-state index < -0.39 is 23.6 Å². The van der Waals surface area contributed by atoms with E-state index in [9.17, 15) is 26.7 Å². The molecule has 0 spiro atoms. The number of ether oxygens (including phenoxy) is 1. The molecule has 0 bridgehead atoms. The standard InChI is InChI=1S/C21H20F5NO2/c1-27(2)19(28)14-5-3-13(4-6-14)15-9-17(21(24,25)26)11-18(10-15)29-8-7-16-12-20(16,22)23/h3-6,9-11,16H,7-8,12H2,1-2H3. The molecule has 0 aromatic heterocycles. The normalized spacial score (nSPS) is 17.7. The lowest BCUT2D eigenvalue weighted by Crippen LogP contribution is -2.21.